The van der Waals surface area contributed by atoms with Gasteiger partial charge >= 0.3 is 5.97 Å². The maximum atomic E-state index is 13.3. The van der Waals surface area contributed by atoms with Crippen molar-refractivity contribution in [2.75, 3.05) is 11.1 Å². The minimum absolute atomic E-state index is 0.0104. The van der Waals surface area contributed by atoms with E-state index >= 15 is 0 Å². The van der Waals surface area contributed by atoms with Crippen LogP contribution in [0.4, 0.5) is 11.4 Å². The summed E-state index contributed by atoms with van der Waals surface area (Å²) in [5, 5.41) is 13.2. The molecule has 2 rings (SSSR count). The molecule has 2 aromatic rings. The number of hydrogen-bond acceptors (Lipinski definition) is 5. The minimum Gasteiger partial charge on any atom is -0.506 e. The third-order valence-electron chi connectivity index (χ3n) is 6.97. The topological polar surface area (TPSA) is 84.6 Å². The molecule has 1 unspecified atom stereocenters. The first-order valence-electron chi connectivity index (χ1n) is 12.2. The first kappa shape index (κ1) is 26.6. The number of anilines is 2. The molecule has 0 saturated heterocycles. The lowest BCUT2D eigenvalue weighted by Crippen LogP contribution is -2.34. The van der Waals surface area contributed by atoms with Crippen LogP contribution < -0.4 is 15.8 Å². The number of nitrogens with two attached hydrogens (primary N) is 1. The summed E-state index contributed by atoms with van der Waals surface area (Å²) in [5.41, 5.74) is 8.86. The summed E-state index contributed by atoms with van der Waals surface area (Å²) >= 11 is 0. The highest BCUT2D eigenvalue weighted by Crippen LogP contribution is 2.38. The van der Waals surface area contributed by atoms with Crippen molar-refractivity contribution in [3.05, 3.63) is 47.5 Å². The zero-order valence-electron chi connectivity index (χ0n) is 21.4. The Labute approximate surface area is 199 Å². The van der Waals surface area contributed by atoms with Crippen LogP contribution in [0.15, 0.2) is 36.4 Å². The van der Waals surface area contributed by atoms with Gasteiger partial charge in [-0.2, -0.15) is 0 Å². The molecule has 1 atom stereocenters. The number of nitrogens with one attached hydrogen (secondary N) is 1. The van der Waals surface area contributed by atoms with Gasteiger partial charge in [0.05, 0.1) is 5.69 Å². The van der Waals surface area contributed by atoms with Crippen molar-refractivity contribution in [3.8, 4) is 11.5 Å². The monoisotopic (exact) mass is 454 g/mol. The van der Waals surface area contributed by atoms with E-state index in [0.29, 0.717) is 23.5 Å². The van der Waals surface area contributed by atoms with E-state index < -0.39 is 6.04 Å². The van der Waals surface area contributed by atoms with Crippen molar-refractivity contribution in [1.82, 2.24) is 0 Å². The molecule has 0 radical (unpaired) electrons. The summed E-state index contributed by atoms with van der Waals surface area (Å²) in [6.07, 6.45) is 4.43. The quantitative estimate of drug-likeness (QED) is 0.148. The van der Waals surface area contributed by atoms with Crippen molar-refractivity contribution in [2.45, 2.75) is 97.4 Å². The first-order chi connectivity index (χ1) is 15.4. The number of ether oxygens (including phenoxy) is 1. The van der Waals surface area contributed by atoms with E-state index in [9.17, 15) is 9.90 Å². The van der Waals surface area contributed by atoms with Gasteiger partial charge in [-0.15, -0.1) is 0 Å². The maximum absolute atomic E-state index is 13.3. The van der Waals surface area contributed by atoms with E-state index in [4.69, 9.17) is 10.5 Å². The molecule has 0 aromatic heterocycles. The van der Waals surface area contributed by atoms with Gasteiger partial charge in [-0.3, -0.25) is 0 Å². The molecule has 33 heavy (non-hydrogen) atoms. The van der Waals surface area contributed by atoms with Gasteiger partial charge in [0.2, 0.25) is 0 Å². The van der Waals surface area contributed by atoms with Crippen molar-refractivity contribution >= 4 is 17.3 Å². The number of aromatic hydroxyl groups is 1. The average molecular weight is 455 g/mol. The normalized spacial score (nSPS) is 12.9. The summed E-state index contributed by atoms with van der Waals surface area (Å²) in [7, 11) is 0. The van der Waals surface area contributed by atoms with E-state index in [-0.39, 0.29) is 22.5 Å². The van der Waals surface area contributed by atoms with Gasteiger partial charge in [-0.05, 0) is 53.9 Å². The van der Waals surface area contributed by atoms with Crippen LogP contribution in [0.1, 0.15) is 91.7 Å². The lowest BCUT2D eigenvalue weighted by atomic mass is 9.76. The molecule has 0 aliphatic rings. The van der Waals surface area contributed by atoms with Crippen LogP contribution in [0.3, 0.4) is 0 Å². The molecule has 0 spiro atoms. The largest absolute Gasteiger partial charge is 0.506 e. The summed E-state index contributed by atoms with van der Waals surface area (Å²) in [4.78, 5) is 13.3. The second-order valence-electron chi connectivity index (χ2n) is 10.2. The predicted octanol–water partition coefficient (Wildman–Crippen LogP) is 6.93. The van der Waals surface area contributed by atoms with E-state index in [1.807, 2.05) is 6.07 Å². The number of phenolic OH excluding ortho intramolecular Hbond substituents is 1. The molecule has 0 aliphatic heterocycles. The van der Waals surface area contributed by atoms with E-state index in [1.54, 1.807) is 12.1 Å². The Kier molecular flexibility index (Phi) is 8.82. The fourth-order valence-electron chi connectivity index (χ4n) is 3.63. The van der Waals surface area contributed by atoms with Crippen LogP contribution >= 0.6 is 0 Å². The average Bonchev–Trinajstić information content (AvgIpc) is 2.78. The number of unbranched alkanes of at least 4 members (excludes halogenated alkanes) is 1. The SMILES string of the molecule is CCCCC(Nc1ccc(N)c(O)c1)C(=O)Oc1ccc(C(C)(C)CC)cc1C(C)(C)CC. The predicted molar refractivity (Wildman–Crippen MR) is 138 cm³/mol. The number of benzene rings is 2. The fourth-order valence-corrected chi connectivity index (χ4v) is 3.63. The lowest BCUT2D eigenvalue weighted by molar-refractivity contribution is -0.135. The van der Waals surface area contributed by atoms with Gasteiger partial charge in [0.15, 0.2) is 0 Å². The molecule has 0 fully saturated rings. The summed E-state index contributed by atoms with van der Waals surface area (Å²) in [6, 6.07) is 10.6. The molecular weight excluding hydrogens is 412 g/mol. The lowest BCUT2D eigenvalue weighted by Gasteiger charge is -2.30. The van der Waals surface area contributed by atoms with Crippen LogP contribution in [0.25, 0.3) is 0 Å². The van der Waals surface area contributed by atoms with Crippen LogP contribution in [0.2, 0.25) is 0 Å². The Morgan fingerprint density at radius 2 is 1.70 bits per heavy atom. The van der Waals surface area contributed by atoms with Gasteiger partial charge in [0.25, 0.3) is 0 Å². The number of carbonyl (C=O) groups is 1. The van der Waals surface area contributed by atoms with Gasteiger partial charge in [0.1, 0.15) is 17.5 Å². The Morgan fingerprint density at radius 1 is 1.03 bits per heavy atom. The third kappa shape index (κ3) is 6.66. The van der Waals surface area contributed by atoms with Crippen LogP contribution in [0, 0.1) is 0 Å². The maximum Gasteiger partial charge on any atom is 0.333 e. The number of nitrogen functional groups attached to an aromatic ring is 1. The van der Waals surface area contributed by atoms with Crippen molar-refractivity contribution < 1.29 is 14.6 Å². The second kappa shape index (κ2) is 11.0. The highest BCUT2D eigenvalue weighted by molar-refractivity contribution is 5.82. The molecule has 5 heteroatoms. The zero-order chi connectivity index (χ0) is 24.8. The molecular formula is C28H42N2O3. The molecule has 0 saturated carbocycles. The van der Waals surface area contributed by atoms with Gasteiger partial charge < -0.3 is 20.9 Å². The molecule has 0 aliphatic carbocycles. The Bertz CT molecular complexity index is 950. The Hall–Kier alpha value is -2.69. The highest BCUT2D eigenvalue weighted by atomic mass is 16.5. The minimum atomic E-state index is -0.530. The van der Waals surface area contributed by atoms with Gasteiger partial charge in [-0.25, -0.2) is 4.79 Å². The third-order valence-corrected chi connectivity index (χ3v) is 6.97. The van der Waals surface area contributed by atoms with Gasteiger partial charge in [-0.1, -0.05) is 73.4 Å². The molecule has 0 amide bonds. The Morgan fingerprint density at radius 3 is 2.27 bits per heavy atom. The van der Waals surface area contributed by atoms with Crippen LogP contribution in [0.5, 0.6) is 11.5 Å². The molecule has 2 aromatic carbocycles. The number of rotatable bonds is 11. The van der Waals surface area contributed by atoms with Crippen molar-refractivity contribution in [1.29, 1.82) is 0 Å². The number of carbonyl (C=O) groups excluding carboxylic acids is 1. The van der Waals surface area contributed by atoms with E-state index in [1.165, 1.54) is 11.6 Å². The van der Waals surface area contributed by atoms with Crippen LogP contribution in [-0.2, 0) is 15.6 Å². The number of esters is 1. The van der Waals surface area contributed by atoms with E-state index in [2.05, 4.69) is 65.9 Å². The Balaban J connectivity index is 2.37. The first-order valence-corrected chi connectivity index (χ1v) is 12.2. The molecule has 4 N–H and O–H groups in total. The summed E-state index contributed by atoms with van der Waals surface area (Å²) < 4.78 is 6.03. The fraction of sp³-hybridized carbons (Fsp3) is 0.536. The highest BCUT2D eigenvalue weighted by Gasteiger charge is 2.29. The molecule has 5 nitrogen and oxygen atoms in total. The molecule has 0 heterocycles. The summed E-state index contributed by atoms with van der Waals surface area (Å²) in [5.74, 6) is 0.282. The smallest absolute Gasteiger partial charge is 0.333 e. The second-order valence-corrected chi connectivity index (χ2v) is 10.2. The van der Waals surface area contributed by atoms with Crippen molar-refractivity contribution in [2.24, 2.45) is 0 Å². The van der Waals surface area contributed by atoms with Gasteiger partial charge in [0, 0.05) is 17.3 Å². The number of hydrogen-bond donors (Lipinski definition) is 3. The summed E-state index contributed by atoms with van der Waals surface area (Å²) in [6.45, 7) is 15.3. The van der Waals surface area contributed by atoms with E-state index in [0.717, 1.165) is 31.2 Å². The van der Waals surface area contributed by atoms with Crippen molar-refractivity contribution in [3.63, 3.8) is 0 Å². The zero-order valence-corrected chi connectivity index (χ0v) is 21.4. The standard InChI is InChI=1S/C28H42N2O3/c1-8-11-12-23(30-20-14-15-22(29)24(31)18-20)26(32)33-25-16-13-19(27(4,5)9-2)17-21(25)28(6,7)10-3/h13-18,23,30-31H,8-12,29H2,1-7H3. The molecule has 182 valence electrons. The number of phenols is 1. The van der Waals surface area contributed by atoms with Crippen LogP contribution in [-0.4, -0.2) is 17.1 Å². The molecule has 0 bridgehead atoms.